The summed E-state index contributed by atoms with van der Waals surface area (Å²) in [6.07, 6.45) is 9.48. The van der Waals surface area contributed by atoms with Gasteiger partial charge >= 0.3 is 0 Å². The van der Waals surface area contributed by atoms with Crippen molar-refractivity contribution in [3.05, 3.63) is 0 Å². The normalized spacial score (nSPS) is 15.3. The monoisotopic (exact) mass is 255 g/mol. The average Bonchev–Trinajstić information content (AvgIpc) is 2.37. The first-order chi connectivity index (χ1) is 8.38. The first-order valence-electron chi connectivity index (χ1n) is 7.18. The van der Waals surface area contributed by atoms with Crippen molar-refractivity contribution >= 4 is 11.7 Å². The van der Waals surface area contributed by atoms with Gasteiger partial charge in [0.2, 0.25) is 5.91 Å². The Hall–Kier alpha value is -0.860. The summed E-state index contributed by atoms with van der Waals surface area (Å²) >= 11 is 0. The number of carbonyl (C=O) groups excluding carboxylic acids is 2. The molecule has 1 N–H and O–H groups in total. The molecule has 0 bridgehead atoms. The van der Waals surface area contributed by atoms with Crippen LogP contribution in [0.15, 0.2) is 0 Å². The number of nitrogens with one attached hydrogen (secondary N) is 1. The first kappa shape index (κ1) is 17.1. The van der Waals surface area contributed by atoms with Crippen LogP contribution in [-0.4, -0.2) is 18.2 Å². The fourth-order valence-electron chi connectivity index (χ4n) is 1.63. The van der Waals surface area contributed by atoms with Crippen molar-refractivity contribution in [1.29, 1.82) is 0 Å². The summed E-state index contributed by atoms with van der Waals surface area (Å²) in [5.74, 6) is -0.0168. The Kier molecular flexibility index (Phi) is 8.69. The molecule has 0 saturated heterocycles. The van der Waals surface area contributed by atoms with E-state index in [9.17, 15) is 9.59 Å². The van der Waals surface area contributed by atoms with E-state index in [1.807, 2.05) is 20.8 Å². The maximum atomic E-state index is 11.2. The molecule has 1 aliphatic rings. The van der Waals surface area contributed by atoms with E-state index in [2.05, 4.69) is 5.32 Å². The van der Waals surface area contributed by atoms with Crippen molar-refractivity contribution in [3.63, 3.8) is 0 Å². The van der Waals surface area contributed by atoms with Crippen LogP contribution in [0.2, 0.25) is 0 Å². The van der Waals surface area contributed by atoms with E-state index in [0.717, 1.165) is 0 Å². The summed E-state index contributed by atoms with van der Waals surface area (Å²) in [5.41, 5.74) is -0.409. The van der Waals surface area contributed by atoms with Crippen molar-refractivity contribution in [3.8, 4) is 0 Å². The molecule has 0 aromatic rings. The minimum Gasteiger partial charge on any atom is -0.349 e. The average molecular weight is 255 g/mol. The maximum Gasteiger partial charge on any atom is 0.225 e. The van der Waals surface area contributed by atoms with Crippen LogP contribution in [0.3, 0.4) is 0 Å². The predicted octanol–water partition coefficient (Wildman–Crippen LogP) is 3.47. The summed E-state index contributed by atoms with van der Waals surface area (Å²) in [7, 11) is 0. The largest absolute Gasteiger partial charge is 0.349 e. The molecule has 3 heteroatoms. The van der Waals surface area contributed by atoms with Crippen molar-refractivity contribution < 1.29 is 9.59 Å². The molecule has 1 aliphatic carbocycles. The van der Waals surface area contributed by atoms with Gasteiger partial charge in [-0.25, -0.2) is 0 Å². The molecule has 106 valence electrons. The molecular formula is C15H29NO2. The Bertz CT molecular complexity index is 238. The Morgan fingerprint density at radius 1 is 0.944 bits per heavy atom. The van der Waals surface area contributed by atoms with Gasteiger partial charge in [0.1, 0.15) is 0 Å². The lowest BCUT2D eigenvalue weighted by Gasteiger charge is -2.16. The molecule has 0 spiro atoms. The molecule has 3 nitrogen and oxygen atoms in total. The van der Waals surface area contributed by atoms with Crippen molar-refractivity contribution in [2.45, 2.75) is 72.6 Å². The van der Waals surface area contributed by atoms with E-state index in [1.54, 1.807) is 6.92 Å². The fraction of sp³-hybridized carbons (Fsp3) is 0.867. The molecule has 0 atom stereocenters. The van der Waals surface area contributed by atoms with Crippen molar-refractivity contribution in [2.75, 3.05) is 6.54 Å². The predicted molar refractivity (Wildman–Crippen MR) is 75.5 cm³/mol. The molecule has 0 aromatic carbocycles. The molecular weight excluding hydrogens is 226 g/mol. The quantitative estimate of drug-likeness (QED) is 0.839. The number of hydrogen-bond acceptors (Lipinski definition) is 2. The van der Waals surface area contributed by atoms with Gasteiger partial charge in [0.25, 0.3) is 0 Å². The molecule has 0 unspecified atom stereocenters. The topological polar surface area (TPSA) is 46.2 Å². The number of rotatable bonds is 3. The first-order valence-corrected chi connectivity index (χ1v) is 7.18. The van der Waals surface area contributed by atoms with E-state index < -0.39 is 5.41 Å². The van der Waals surface area contributed by atoms with Gasteiger partial charge in [0.15, 0.2) is 5.78 Å². The summed E-state index contributed by atoms with van der Waals surface area (Å²) in [6.45, 7) is 7.40. The highest BCUT2D eigenvalue weighted by molar-refractivity contribution is 5.87. The molecule has 0 radical (unpaired) electrons. The van der Waals surface area contributed by atoms with Crippen LogP contribution >= 0.6 is 0 Å². The van der Waals surface area contributed by atoms with Crippen LogP contribution in [0.25, 0.3) is 0 Å². The van der Waals surface area contributed by atoms with Gasteiger partial charge in [-0.1, -0.05) is 66.2 Å². The number of ketones is 1. The lowest BCUT2D eigenvalue weighted by atomic mass is 9.96. The summed E-state index contributed by atoms with van der Waals surface area (Å²) in [4.78, 5) is 22.1. The highest BCUT2D eigenvalue weighted by Crippen LogP contribution is 2.15. The summed E-state index contributed by atoms with van der Waals surface area (Å²) < 4.78 is 0. The Morgan fingerprint density at radius 3 is 1.61 bits per heavy atom. The lowest BCUT2D eigenvalue weighted by Crippen LogP contribution is -2.37. The molecule has 18 heavy (non-hydrogen) atoms. The lowest BCUT2D eigenvalue weighted by molar-refractivity contribution is -0.130. The summed E-state index contributed by atoms with van der Waals surface area (Å²) in [5, 5.41) is 2.58. The van der Waals surface area contributed by atoms with Crippen LogP contribution in [0.1, 0.15) is 72.6 Å². The van der Waals surface area contributed by atoms with E-state index in [1.165, 1.54) is 38.5 Å². The van der Waals surface area contributed by atoms with Crippen LogP contribution in [0.5, 0.6) is 0 Å². The molecule has 0 aromatic heterocycles. The zero-order chi connectivity index (χ0) is 14.0. The van der Waals surface area contributed by atoms with Gasteiger partial charge in [0, 0.05) is 11.8 Å². The van der Waals surface area contributed by atoms with Crippen LogP contribution in [0, 0.1) is 5.41 Å². The third kappa shape index (κ3) is 9.20. The molecule has 1 fully saturated rings. The Balaban J connectivity index is 0.000000397. The third-order valence-corrected chi connectivity index (χ3v) is 3.02. The van der Waals surface area contributed by atoms with E-state index >= 15 is 0 Å². The van der Waals surface area contributed by atoms with Crippen LogP contribution in [-0.2, 0) is 9.59 Å². The molecule has 1 saturated carbocycles. The minimum atomic E-state index is -0.409. The zero-order valence-corrected chi connectivity index (χ0v) is 12.5. The number of hydrogen-bond donors (Lipinski definition) is 1. The van der Waals surface area contributed by atoms with Gasteiger partial charge < -0.3 is 5.32 Å². The van der Waals surface area contributed by atoms with E-state index in [4.69, 9.17) is 0 Å². The SMILES string of the molecule is C1CCCCC1.CCC(=O)CNC(=O)C(C)(C)C. The molecule has 1 rings (SSSR count). The van der Waals surface area contributed by atoms with Crippen molar-refractivity contribution in [2.24, 2.45) is 5.41 Å². The van der Waals surface area contributed by atoms with Crippen LogP contribution in [0.4, 0.5) is 0 Å². The Morgan fingerprint density at radius 2 is 1.33 bits per heavy atom. The fourth-order valence-corrected chi connectivity index (χ4v) is 1.63. The highest BCUT2D eigenvalue weighted by Gasteiger charge is 2.20. The zero-order valence-electron chi connectivity index (χ0n) is 12.5. The van der Waals surface area contributed by atoms with Gasteiger partial charge in [-0.15, -0.1) is 0 Å². The van der Waals surface area contributed by atoms with Gasteiger partial charge in [-0.2, -0.15) is 0 Å². The van der Waals surface area contributed by atoms with Gasteiger partial charge in [-0.3, -0.25) is 9.59 Å². The third-order valence-electron chi connectivity index (χ3n) is 3.02. The standard InChI is InChI=1S/C9H17NO2.C6H12/c1-5-7(11)6-10-8(12)9(2,3)4;1-2-4-6-5-3-1/h5-6H2,1-4H3,(H,10,12);1-6H2. The molecule has 0 aliphatic heterocycles. The second kappa shape index (κ2) is 9.12. The second-order valence-corrected chi connectivity index (χ2v) is 5.95. The van der Waals surface area contributed by atoms with Crippen molar-refractivity contribution in [1.82, 2.24) is 5.32 Å². The number of Topliss-reactive ketones (excluding diaryl/α,β-unsaturated/α-hetero) is 1. The van der Waals surface area contributed by atoms with E-state index in [0.29, 0.717) is 6.42 Å². The Labute approximate surface area is 112 Å². The van der Waals surface area contributed by atoms with Gasteiger partial charge in [-0.05, 0) is 0 Å². The maximum absolute atomic E-state index is 11.2. The second-order valence-electron chi connectivity index (χ2n) is 5.95. The smallest absolute Gasteiger partial charge is 0.225 e. The van der Waals surface area contributed by atoms with Crippen LogP contribution < -0.4 is 5.32 Å². The van der Waals surface area contributed by atoms with Gasteiger partial charge in [0.05, 0.1) is 6.54 Å². The summed E-state index contributed by atoms with van der Waals surface area (Å²) in [6, 6.07) is 0. The van der Waals surface area contributed by atoms with E-state index in [-0.39, 0.29) is 18.2 Å². The molecule has 1 amide bonds. The molecule has 0 heterocycles. The minimum absolute atomic E-state index is 0.0626. The highest BCUT2D eigenvalue weighted by atomic mass is 16.2. The number of carbonyl (C=O) groups is 2. The number of amides is 1.